The number of nitrogens with one attached hydrogen (secondary N) is 1. The van der Waals surface area contributed by atoms with Crippen molar-refractivity contribution in [1.82, 2.24) is 20.2 Å². The van der Waals surface area contributed by atoms with Crippen molar-refractivity contribution < 1.29 is 14.6 Å². The molecular weight excluding hydrogens is 394 g/mol. The van der Waals surface area contributed by atoms with E-state index >= 15 is 0 Å². The van der Waals surface area contributed by atoms with Crippen LogP contribution in [0.3, 0.4) is 0 Å². The van der Waals surface area contributed by atoms with Crippen molar-refractivity contribution in [3.63, 3.8) is 0 Å². The normalized spacial score (nSPS) is 29.5. The molecule has 0 spiro atoms. The number of carbonyl (C=O) groups is 1. The minimum absolute atomic E-state index is 0.0342. The Balaban J connectivity index is 1.55. The quantitative estimate of drug-likeness (QED) is 0.698. The van der Waals surface area contributed by atoms with Gasteiger partial charge in [-0.05, 0) is 50.5 Å². The first-order valence-electron chi connectivity index (χ1n) is 11.9. The predicted octanol–water partition coefficient (Wildman–Crippen LogP) is 1.15. The van der Waals surface area contributed by atoms with Crippen LogP contribution >= 0.6 is 0 Å². The third kappa shape index (κ3) is 4.56. The van der Waals surface area contributed by atoms with Gasteiger partial charge in [0.05, 0.1) is 25.2 Å². The third-order valence-corrected chi connectivity index (χ3v) is 7.58. The zero-order valence-corrected chi connectivity index (χ0v) is 19.0. The van der Waals surface area contributed by atoms with Crippen LogP contribution in [0.5, 0.6) is 0 Å². The largest absolute Gasteiger partial charge is 0.395 e. The van der Waals surface area contributed by atoms with Gasteiger partial charge in [-0.2, -0.15) is 0 Å². The van der Waals surface area contributed by atoms with Crippen molar-refractivity contribution in [2.75, 3.05) is 57.4 Å². The van der Waals surface area contributed by atoms with Gasteiger partial charge in [-0.15, -0.1) is 0 Å². The van der Waals surface area contributed by atoms with Gasteiger partial charge in [0.15, 0.2) is 0 Å². The summed E-state index contributed by atoms with van der Waals surface area (Å²) in [6.07, 6.45) is 6.68. The fourth-order valence-corrected chi connectivity index (χ4v) is 5.77. The van der Waals surface area contributed by atoms with E-state index in [1.54, 1.807) is 0 Å². The molecule has 172 valence electrons. The van der Waals surface area contributed by atoms with E-state index in [-0.39, 0.29) is 12.5 Å². The van der Waals surface area contributed by atoms with Crippen molar-refractivity contribution in [2.45, 2.75) is 52.0 Å². The van der Waals surface area contributed by atoms with Gasteiger partial charge >= 0.3 is 0 Å². The molecule has 1 amide bonds. The average Bonchev–Trinajstić information content (AvgIpc) is 2.82. The lowest BCUT2D eigenvalue weighted by atomic mass is 9.61. The molecule has 2 N–H and O–H groups in total. The highest BCUT2D eigenvalue weighted by Gasteiger charge is 2.53. The predicted molar refractivity (Wildman–Crippen MR) is 119 cm³/mol. The second-order valence-electron chi connectivity index (χ2n) is 9.27. The summed E-state index contributed by atoms with van der Waals surface area (Å²) in [5.74, 6) is 1.16. The summed E-state index contributed by atoms with van der Waals surface area (Å²) in [4.78, 5) is 27.6. The van der Waals surface area contributed by atoms with E-state index in [2.05, 4.69) is 27.0 Å². The van der Waals surface area contributed by atoms with Gasteiger partial charge in [-0.3, -0.25) is 9.69 Å². The Morgan fingerprint density at radius 3 is 2.87 bits per heavy atom. The number of aromatic nitrogens is 2. The number of amides is 1. The molecular formula is C23H37N5O3. The lowest BCUT2D eigenvalue weighted by Crippen LogP contribution is -2.61. The molecule has 2 saturated heterocycles. The number of piperidine rings is 1. The average molecular weight is 432 g/mol. The molecule has 0 radical (unpaired) electrons. The second kappa shape index (κ2) is 9.79. The van der Waals surface area contributed by atoms with E-state index < -0.39 is 5.41 Å². The highest BCUT2D eigenvalue weighted by molar-refractivity contribution is 5.84. The molecule has 1 aliphatic carbocycles. The molecule has 8 nitrogen and oxygen atoms in total. The molecule has 1 saturated carbocycles. The van der Waals surface area contributed by atoms with E-state index in [0.717, 1.165) is 82.2 Å². The van der Waals surface area contributed by atoms with Crippen LogP contribution in [0, 0.1) is 18.3 Å². The Morgan fingerprint density at radius 2 is 2.13 bits per heavy atom. The monoisotopic (exact) mass is 431 g/mol. The smallest absolute Gasteiger partial charge is 0.228 e. The van der Waals surface area contributed by atoms with Crippen molar-refractivity contribution in [2.24, 2.45) is 11.3 Å². The maximum Gasteiger partial charge on any atom is 0.228 e. The Labute approximate surface area is 185 Å². The number of hydrogen-bond acceptors (Lipinski definition) is 7. The molecule has 1 aromatic rings. The first kappa shape index (κ1) is 22.4. The van der Waals surface area contributed by atoms with Gasteiger partial charge in [0.2, 0.25) is 11.9 Å². The lowest BCUT2D eigenvalue weighted by Gasteiger charge is -2.53. The van der Waals surface area contributed by atoms with Crippen LogP contribution in [0.2, 0.25) is 0 Å². The number of aliphatic hydroxyl groups is 1. The number of rotatable bonds is 6. The fraction of sp³-hybridized carbons (Fsp3) is 0.783. The first-order valence-corrected chi connectivity index (χ1v) is 11.9. The number of carbonyl (C=O) groups excluding carboxylic acids is 1. The minimum Gasteiger partial charge on any atom is -0.395 e. The molecule has 3 heterocycles. The van der Waals surface area contributed by atoms with Crippen LogP contribution < -0.4 is 10.2 Å². The Bertz CT molecular complexity index is 770. The number of aliphatic hydroxyl groups excluding tert-OH is 1. The molecule has 0 bridgehead atoms. The Kier molecular flexibility index (Phi) is 7.08. The van der Waals surface area contributed by atoms with Crippen molar-refractivity contribution in [1.29, 1.82) is 0 Å². The zero-order chi connectivity index (χ0) is 21.8. The van der Waals surface area contributed by atoms with Crippen molar-refractivity contribution >= 4 is 11.9 Å². The number of ether oxygens (including phenoxy) is 1. The maximum absolute atomic E-state index is 13.4. The summed E-state index contributed by atoms with van der Waals surface area (Å²) in [5, 5.41) is 12.3. The lowest BCUT2D eigenvalue weighted by molar-refractivity contribution is -0.139. The maximum atomic E-state index is 13.4. The highest BCUT2D eigenvalue weighted by atomic mass is 16.5. The molecule has 3 fully saturated rings. The van der Waals surface area contributed by atoms with E-state index in [0.29, 0.717) is 25.0 Å². The van der Waals surface area contributed by atoms with Crippen LogP contribution in [0.1, 0.15) is 43.9 Å². The molecule has 0 aromatic carbocycles. The topological polar surface area (TPSA) is 90.8 Å². The van der Waals surface area contributed by atoms with E-state index in [1.165, 1.54) is 0 Å². The van der Waals surface area contributed by atoms with E-state index in [9.17, 15) is 9.90 Å². The van der Waals surface area contributed by atoms with Gasteiger partial charge < -0.3 is 20.1 Å². The van der Waals surface area contributed by atoms with Crippen LogP contribution in [0.4, 0.5) is 5.95 Å². The molecule has 31 heavy (non-hydrogen) atoms. The number of morpholine rings is 1. The third-order valence-electron chi connectivity index (χ3n) is 7.58. The SMILES string of the molecule is CCc1nc(N2CC[C@@H]3C[C@@H](N4CCOCC4)CC[C@@]3(C(=O)NCCO)C2)ncc1C. The number of anilines is 1. The van der Waals surface area contributed by atoms with E-state index in [1.807, 2.05) is 13.1 Å². The van der Waals surface area contributed by atoms with Gasteiger partial charge in [0.25, 0.3) is 0 Å². The summed E-state index contributed by atoms with van der Waals surface area (Å²) in [6, 6.07) is 0.529. The van der Waals surface area contributed by atoms with E-state index in [4.69, 9.17) is 9.72 Å². The number of nitrogens with zero attached hydrogens (tertiary/aromatic N) is 4. The zero-order valence-electron chi connectivity index (χ0n) is 19.0. The van der Waals surface area contributed by atoms with Gasteiger partial charge in [-0.25, -0.2) is 9.97 Å². The highest BCUT2D eigenvalue weighted by Crippen LogP contribution is 2.48. The molecule has 4 rings (SSSR count). The van der Waals surface area contributed by atoms with Crippen LogP contribution in [0.15, 0.2) is 6.20 Å². The number of hydrogen-bond donors (Lipinski definition) is 2. The van der Waals surface area contributed by atoms with Gasteiger partial charge in [-0.1, -0.05) is 6.92 Å². The molecule has 0 unspecified atom stereocenters. The molecule has 3 atom stereocenters. The molecule has 1 aromatic heterocycles. The minimum atomic E-state index is -0.448. The van der Waals surface area contributed by atoms with Crippen molar-refractivity contribution in [3.05, 3.63) is 17.5 Å². The molecule has 8 heteroatoms. The standard InChI is InChI=1S/C23H37N5O3/c1-3-20-17(2)15-25-22(26-20)28-8-5-18-14-19(27-9-12-31-13-10-27)4-6-23(18,16-28)21(30)24-7-11-29/h15,18-19,29H,3-14,16H2,1-2H3,(H,24,30)/t18-,19+,23-/m1/s1. The number of fused-ring (bicyclic) bond motifs is 1. The summed E-state index contributed by atoms with van der Waals surface area (Å²) < 4.78 is 5.54. The summed E-state index contributed by atoms with van der Waals surface area (Å²) in [7, 11) is 0. The molecule has 3 aliphatic rings. The summed E-state index contributed by atoms with van der Waals surface area (Å²) in [5.41, 5.74) is 1.74. The van der Waals surface area contributed by atoms with Crippen LogP contribution in [0.25, 0.3) is 0 Å². The van der Waals surface area contributed by atoms with Gasteiger partial charge in [0.1, 0.15) is 0 Å². The first-order chi connectivity index (χ1) is 15.1. The van der Waals surface area contributed by atoms with Crippen molar-refractivity contribution in [3.8, 4) is 0 Å². The van der Waals surface area contributed by atoms with Crippen LogP contribution in [-0.2, 0) is 16.0 Å². The van der Waals surface area contributed by atoms with Gasteiger partial charge in [0, 0.05) is 50.7 Å². The summed E-state index contributed by atoms with van der Waals surface area (Å²) >= 11 is 0. The summed E-state index contributed by atoms with van der Waals surface area (Å²) in [6.45, 7) is 9.55. The molecule has 2 aliphatic heterocycles. The fourth-order valence-electron chi connectivity index (χ4n) is 5.77. The Hall–Kier alpha value is -1.77. The second-order valence-corrected chi connectivity index (χ2v) is 9.27. The number of aryl methyl sites for hydroxylation is 2. The Morgan fingerprint density at radius 1 is 1.32 bits per heavy atom. The van der Waals surface area contributed by atoms with Crippen LogP contribution in [-0.4, -0.2) is 84.5 Å².